The van der Waals surface area contributed by atoms with Crippen molar-refractivity contribution in [2.45, 2.75) is 40.0 Å². The zero-order chi connectivity index (χ0) is 27.5. The van der Waals surface area contributed by atoms with Crippen molar-refractivity contribution in [2.24, 2.45) is 5.92 Å². The van der Waals surface area contributed by atoms with Crippen LogP contribution in [-0.4, -0.2) is 44.5 Å². The Morgan fingerprint density at radius 1 is 1.23 bits per heavy atom. The number of nitrogens with two attached hydrogens (primary N) is 1. The number of nitrogen functional groups attached to an aromatic ring is 1. The highest BCUT2D eigenvalue weighted by atomic mass is 32.1. The van der Waals surface area contributed by atoms with Gasteiger partial charge in [0, 0.05) is 12.7 Å². The monoisotopic (exact) mass is 539 g/mol. The summed E-state index contributed by atoms with van der Waals surface area (Å²) in [6.45, 7) is 7.72. The molecule has 39 heavy (non-hydrogen) atoms. The summed E-state index contributed by atoms with van der Waals surface area (Å²) >= 11 is 1.38. The second kappa shape index (κ2) is 11.4. The minimum absolute atomic E-state index is 0.0156. The maximum absolute atomic E-state index is 11.8. The van der Waals surface area contributed by atoms with Crippen molar-refractivity contribution in [1.29, 1.82) is 5.41 Å². The summed E-state index contributed by atoms with van der Waals surface area (Å²) in [7, 11) is 0. The molecule has 8 nitrogen and oxygen atoms in total. The van der Waals surface area contributed by atoms with E-state index >= 15 is 0 Å². The van der Waals surface area contributed by atoms with E-state index in [9.17, 15) is 4.79 Å². The number of nitrogens with zero attached hydrogens (tertiary/aromatic N) is 3. The number of allylic oxidation sites excluding steroid dienone is 3. The van der Waals surface area contributed by atoms with Crippen LogP contribution in [0.5, 0.6) is 0 Å². The van der Waals surface area contributed by atoms with Crippen LogP contribution in [0.2, 0.25) is 0 Å². The fraction of sp³-hybridized carbons (Fsp3) is 0.300. The second-order valence-electron chi connectivity index (χ2n) is 9.99. The molecule has 0 aromatic carbocycles. The summed E-state index contributed by atoms with van der Waals surface area (Å²) in [4.78, 5) is 30.7. The van der Waals surface area contributed by atoms with E-state index < -0.39 is 0 Å². The molecule has 0 fully saturated rings. The number of ketones is 1. The average Bonchev–Trinajstić information content (AvgIpc) is 3.59. The standard InChI is InChI=1S/C30H33N7OS/c1-4-33-16-19-7-5-17(2)6-8-20(15-19)22-10-9-21(31)27(35-22)26(32)30-36-23-13-14-34-29(28(23)37-30)25-12-11-24(39-25)18(3)38/h8-15,17,32-33H,4-7,16,31H2,1-3H3,(H,36,37)/b19-15+,20-8+,32-26?. The Hall–Kier alpha value is -3.95. The zero-order valence-electron chi connectivity index (χ0n) is 22.5. The molecule has 0 bridgehead atoms. The van der Waals surface area contributed by atoms with Crippen LogP contribution in [0, 0.1) is 11.3 Å². The van der Waals surface area contributed by atoms with E-state index in [0.717, 1.165) is 54.0 Å². The van der Waals surface area contributed by atoms with E-state index in [1.807, 2.05) is 24.3 Å². The van der Waals surface area contributed by atoms with Crippen molar-refractivity contribution in [1.82, 2.24) is 25.3 Å². The number of fused-ring (bicyclic) bond motifs is 1. The molecule has 0 saturated carbocycles. The fourth-order valence-corrected chi connectivity index (χ4v) is 5.56. The summed E-state index contributed by atoms with van der Waals surface area (Å²) in [5.41, 5.74) is 12.5. The summed E-state index contributed by atoms with van der Waals surface area (Å²) in [6.07, 6.45) is 9.37. The molecule has 1 unspecified atom stereocenters. The molecule has 0 spiro atoms. The highest BCUT2D eigenvalue weighted by Gasteiger charge is 2.20. The Balaban J connectivity index is 1.51. The number of carbonyl (C=O) groups excluding carboxylic acids is 1. The second-order valence-corrected chi connectivity index (χ2v) is 11.1. The van der Waals surface area contributed by atoms with Gasteiger partial charge in [0.25, 0.3) is 0 Å². The number of hydrogen-bond acceptors (Lipinski definition) is 8. The topological polar surface area (TPSA) is 133 Å². The maximum atomic E-state index is 11.8. The summed E-state index contributed by atoms with van der Waals surface area (Å²) in [5, 5.41) is 12.4. The molecule has 0 saturated heterocycles. The third-order valence-corrected chi connectivity index (χ3v) is 8.14. The quantitative estimate of drug-likeness (QED) is 0.160. The SMILES string of the molecule is CCNC/C1=C/C(c2ccc(N)c(C(=N)c3nc4c(-c5ccc(C(C)=O)s5)nccc4[nH]3)n2)=C\CC(C)CC1. The highest BCUT2D eigenvalue weighted by Crippen LogP contribution is 2.32. The predicted octanol–water partition coefficient (Wildman–Crippen LogP) is 6.02. The first-order chi connectivity index (χ1) is 18.8. The first kappa shape index (κ1) is 26.6. The van der Waals surface area contributed by atoms with Crippen molar-refractivity contribution >= 4 is 45.1 Å². The molecule has 1 atom stereocenters. The van der Waals surface area contributed by atoms with Gasteiger partial charge in [-0.2, -0.15) is 0 Å². The first-order valence-electron chi connectivity index (χ1n) is 13.3. The van der Waals surface area contributed by atoms with Gasteiger partial charge in [0.05, 0.1) is 26.7 Å². The van der Waals surface area contributed by atoms with Crippen LogP contribution in [0.25, 0.3) is 27.2 Å². The van der Waals surface area contributed by atoms with Crippen molar-refractivity contribution in [3.8, 4) is 10.6 Å². The van der Waals surface area contributed by atoms with Gasteiger partial charge in [-0.15, -0.1) is 11.3 Å². The molecule has 4 heterocycles. The van der Waals surface area contributed by atoms with Gasteiger partial charge in [-0.25, -0.2) is 9.97 Å². The van der Waals surface area contributed by atoms with Gasteiger partial charge in [0.15, 0.2) is 11.6 Å². The molecule has 9 heteroatoms. The Morgan fingerprint density at radius 2 is 2.08 bits per heavy atom. The number of imidazole rings is 1. The Labute approximate surface area is 232 Å². The molecule has 4 aromatic rings. The van der Waals surface area contributed by atoms with Gasteiger partial charge in [0.1, 0.15) is 22.6 Å². The van der Waals surface area contributed by atoms with E-state index in [1.54, 1.807) is 19.2 Å². The fourth-order valence-electron chi connectivity index (χ4n) is 4.66. The highest BCUT2D eigenvalue weighted by molar-refractivity contribution is 7.17. The number of H-pyrrole nitrogens is 1. The summed E-state index contributed by atoms with van der Waals surface area (Å²) in [6, 6.07) is 9.25. The van der Waals surface area contributed by atoms with Gasteiger partial charge >= 0.3 is 0 Å². The van der Waals surface area contributed by atoms with Crippen molar-refractivity contribution < 1.29 is 4.79 Å². The van der Waals surface area contributed by atoms with Crippen molar-refractivity contribution in [3.63, 3.8) is 0 Å². The van der Waals surface area contributed by atoms with Crippen molar-refractivity contribution in [3.05, 3.63) is 76.3 Å². The van der Waals surface area contributed by atoms with Gasteiger partial charge in [0.2, 0.25) is 0 Å². The molecule has 5 N–H and O–H groups in total. The van der Waals surface area contributed by atoms with Crippen LogP contribution in [0.4, 0.5) is 5.69 Å². The third kappa shape index (κ3) is 5.74. The number of thiophene rings is 1. The van der Waals surface area contributed by atoms with Crippen molar-refractivity contribution in [2.75, 3.05) is 18.8 Å². The van der Waals surface area contributed by atoms with Crippen LogP contribution >= 0.6 is 11.3 Å². The maximum Gasteiger partial charge on any atom is 0.169 e. The lowest BCUT2D eigenvalue weighted by Gasteiger charge is -2.17. The lowest BCUT2D eigenvalue weighted by atomic mass is 9.91. The smallest absolute Gasteiger partial charge is 0.169 e. The largest absolute Gasteiger partial charge is 0.397 e. The minimum atomic E-state index is 0.0156. The van der Waals surface area contributed by atoms with E-state index in [4.69, 9.17) is 21.1 Å². The first-order valence-corrected chi connectivity index (χ1v) is 14.1. The molecule has 1 aliphatic carbocycles. The van der Waals surface area contributed by atoms with Crippen LogP contribution in [-0.2, 0) is 0 Å². The number of aromatic amines is 1. The molecule has 4 aromatic heterocycles. The van der Waals surface area contributed by atoms with E-state index in [-0.39, 0.29) is 11.5 Å². The summed E-state index contributed by atoms with van der Waals surface area (Å²) in [5.74, 6) is 0.967. The number of anilines is 1. The number of carbonyl (C=O) groups is 1. The normalized spacial score (nSPS) is 18.6. The molecule has 200 valence electrons. The van der Waals surface area contributed by atoms with Crippen LogP contribution in [0.15, 0.2) is 54.3 Å². The molecule has 0 radical (unpaired) electrons. The van der Waals surface area contributed by atoms with Crippen LogP contribution in [0.3, 0.4) is 0 Å². The average molecular weight is 540 g/mol. The predicted molar refractivity (Wildman–Crippen MR) is 159 cm³/mol. The number of nitrogens with one attached hydrogen (secondary N) is 3. The minimum Gasteiger partial charge on any atom is -0.397 e. The van der Waals surface area contributed by atoms with Crippen LogP contribution in [0.1, 0.15) is 66.9 Å². The third-order valence-electron chi connectivity index (χ3n) is 6.94. The Morgan fingerprint density at radius 3 is 2.85 bits per heavy atom. The van der Waals surface area contributed by atoms with Gasteiger partial charge in [-0.3, -0.25) is 15.2 Å². The Kier molecular flexibility index (Phi) is 7.81. The van der Waals surface area contributed by atoms with E-state index in [0.29, 0.717) is 39.2 Å². The summed E-state index contributed by atoms with van der Waals surface area (Å²) < 4.78 is 0. The lowest BCUT2D eigenvalue weighted by molar-refractivity contribution is 0.102. The molecule has 5 rings (SSSR count). The van der Waals surface area contributed by atoms with Gasteiger partial charge in [-0.05, 0) is 74.6 Å². The number of pyridine rings is 2. The number of likely N-dealkylation sites (N-methyl/N-ethyl adjacent to an activating group) is 1. The lowest BCUT2D eigenvalue weighted by Crippen LogP contribution is -2.17. The number of rotatable bonds is 8. The Bertz CT molecular complexity index is 1610. The van der Waals surface area contributed by atoms with Gasteiger partial charge in [-0.1, -0.05) is 31.6 Å². The number of Topliss-reactive ketones (excluding diaryl/α,β-unsaturated/α-hetero) is 1. The van der Waals surface area contributed by atoms with E-state index in [1.165, 1.54) is 16.9 Å². The molecular formula is C30H33N7OS. The van der Waals surface area contributed by atoms with E-state index in [2.05, 4.69) is 41.3 Å². The molecule has 0 aliphatic heterocycles. The van der Waals surface area contributed by atoms with Crippen LogP contribution < -0.4 is 11.1 Å². The molecule has 0 amide bonds. The molecule has 1 aliphatic rings. The zero-order valence-corrected chi connectivity index (χ0v) is 23.3. The van der Waals surface area contributed by atoms with Gasteiger partial charge < -0.3 is 16.0 Å². The number of hydrogen-bond donors (Lipinski definition) is 4. The molecular weight excluding hydrogens is 506 g/mol. The number of aromatic nitrogens is 4.